The molecule has 2 amide bonds. The maximum atomic E-state index is 12.7. The third kappa shape index (κ3) is 7.13. The summed E-state index contributed by atoms with van der Waals surface area (Å²) in [5.74, 6) is -1.02. The quantitative estimate of drug-likeness (QED) is 0.588. The molecule has 0 saturated carbocycles. The van der Waals surface area contributed by atoms with Gasteiger partial charge in [-0.1, -0.05) is 56.7 Å². The number of benzene rings is 2. The Labute approximate surface area is 183 Å². The molecule has 166 valence electrons. The number of carbonyl (C=O) groups excluding carboxylic acids is 3. The second-order valence-corrected chi connectivity index (χ2v) is 7.41. The fraction of sp³-hybridized carbons (Fsp3) is 0.375. The number of ether oxygens (including phenoxy) is 2. The normalized spacial score (nSPS) is 12.4. The Kier molecular flexibility index (Phi) is 9.06. The molecular weight excluding hydrogens is 396 g/mol. The second kappa shape index (κ2) is 11.7. The summed E-state index contributed by atoms with van der Waals surface area (Å²) < 4.78 is 10.4. The SMILES string of the molecule is CC[C@@H](C)[C@@H](C(=O)OCC(=O)N(C)CC(=O)Nc1cccc(OC)c1)c1ccccc1. The molecule has 0 spiro atoms. The van der Waals surface area contributed by atoms with Gasteiger partial charge in [-0.15, -0.1) is 0 Å². The van der Waals surface area contributed by atoms with Crippen molar-refractivity contribution in [1.29, 1.82) is 0 Å². The Balaban J connectivity index is 1.89. The molecule has 2 rings (SSSR count). The highest BCUT2D eigenvalue weighted by atomic mass is 16.5. The first kappa shape index (κ1) is 23.9. The smallest absolute Gasteiger partial charge is 0.314 e. The first-order valence-electron chi connectivity index (χ1n) is 10.2. The molecule has 7 heteroatoms. The number of methoxy groups -OCH3 is 1. The molecule has 0 unspecified atom stereocenters. The van der Waals surface area contributed by atoms with Crippen molar-refractivity contribution in [1.82, 2.24) is 4.90 Å². The van der Waals surface area contributed by atoms with E-state index in [0.717, 1.165) is 12.0 Å². The molecule has 0 heterocycles. The van der Waals surface area contributed by atoms with Crippen LogP contribution in [0.25, 0.3) is 0 Å². The molecule has 0 bridgehead atoms. The van der Waals surface area contributed by atoms with Crippen molar-refractivity contribution in [2.45, 2.75) is 26.2 Å². The zero-order valence-electron chi connectivity index (χ0n) is 18.5. The number of amides is 2. The van der Waals surface area contributed by atoms with Crippen molar-refractivity contribution in [3.8, 4) is 5.75 Å². The lowest BCUT2D eigenvalue weighted by atomic mass is 9.86. The van der Waals surface area contributed by atoms with Crippen LogP contribution in [-0.2, 0) is 19.1 Å². The molecule has 1 N–H and O–H groups in total. The number of hydrogen-bond donors (Lipinski definition) is 1. The maximum absolute atomic E-state index is 12.7. The van der Waals surface area contributed by atoms with Crippen molar-refractivity contribution in [3.05, 3.63) is 60.2 Å². The second-order valence-electron chi connectivity index (χ2n) is 7.41. The van der Waals surface area contributed by atoms with E-state index in [4.69, 9.17) is 9.47 Å². The molecule has 2 aromatic carbocycles. The van der Waals surface area contributed by atoms with Gasteiger partial charge < -0.3 is 19.7 Å². The summed E-state index contributed by atoms with van der Waals surface area (Å²) in [7, 11) is 3.03. The largest absolute Gasteiger partial charge is 0.497 e. The molecule has 0 fully saturated rings. The van der Waals surface area contributed by atoms with E-state index >= 15 is 0 Å². The molecule has 7 nitrogen and oxygen atoms in total. The standard InChI is InChI=1S/C24H30N2O5/c1-5-17(2)23(18-10-7-6-8-11-18)24(29)31-16-22(28)26(3)15-21(27)25-19-12-9-13-20(14-19)30-4/h6-14,17,23H,5,15-16H2,1-4H3,(H,25,27)/t17-,23-/m1/s1. The Morgan fingerprint density at radius 1 is 1.06 bits per heavy atom. The minimum absolute atomic E-state index is 0.0661. The average Bonchev–Trinajstić information content (AvgIpc) is 2.78. The van der Waals surface area contributed by atoms with E-state index in [1.54, 1.807) is 24.3 Å². The number of esters is 1. The van der Waals surface area contributed by atoms with Crippen LogP contribution in [-0.4, -0.2) is 50.0 Å². The number of anilines is 1. The van der Waals surface area contributed by atoms with Crippen LogP contribution < -0.4 is 10.1 Å². The van der Waals surface area contributed by atoms with Crippen LogP contribution >= 0.6 is 0 Å². The van der Waals surface area contributed by atoms with Crippen LogP contribution in [0.4, 0.5) is 5.69 Å². The van der Waals surface area contributed by atoms with Gasteiger partial charge in [-0.05, 0) is 23.6 Å². The van der Waals surface area contributed by atoms with E-state index < -0.39 is 24.4 Å². The van der Waals surface area contributed by atoms with E-state index in [1.165, 1.54) is 19.1 Å². The minimum Gasteiger partial charge on any atom is -0.497 e. The summed E-state index contributed by atoms with van der Waals surface area (Å²) >= 11 is 0. The summed E-state index contributed by atoms with van der Waals surface area (Å²) in [5.41, 5.74) is 1.43. The van der Waals surface area contributed by atoms with E-state index in [1.807, 2.05) is 44.2 Å². The molecular formula is C24H30N2O5. The van der Waals surface area contributed by atoms with Gasteiger partial charge in [0.1, 0.15) is 5.75 Å². The monoisotopic (exact) mass is 426 g/mol. The molecule has 0 aliphatic heterocycles. The van der Waals surface area contributed by atoms with Gasteiger partial charge >= 0.3 is 5.97 Å². The predicted octanol–water partition coefficient (Wildman–Crippen LogP) is 3.47. The highest BCUT2D eigenvalue weighted by molar-refractivity contribution is 5.95. The highest BCUT2D eigenvalue weighted by Gasteiger charge is 2.28. The minimum atomic E-state index is -0.454. The molecule has 0 saturated heterocycles. The number of nitrogens with one attached hydrogen (secondary N) is 1. The molecule has 2 atom stereocenters. The van der Waals surface area contributed by atoms with Gasteiger partial charge in [0.05, 0.1) is 19.6 Å². The summed E-state index contributed by atoms with van der Waals surface area (Å²) in [5, 5.41) is 2.71. The van der Waals surface area contributed by atoms with Gasteiger partial charge in [-0.2, -0.15) is 0 Å². The third-order valence-electron chi connectivity index (χ3n) is 5.12. The van der Waals surface area contributed by atoms with Crippen LogP contribution in [0.5, 0.6) is 5.75 Å². The van der Waals surface area contributed by atoms with Crippen LogP contribution in [0.1, 0.15) is 31.7 Å². The van der Waals surface area contributed by atoms with Gasteiger partial charge in [-0.25, -0.2) is 0 Å². The number of carbonyl (C=O) groups is 3. The molecule has 0 aromatic heterocycles. The van der Waals surface area contributed by atoms with Gasteiger partial charge in [0.2, 0.25) is 5.91 Å². The lowest BCUT2D eigenvalue weighted by Crippen LogP contribution is -2.38. The fourth-order valence-corrected chi connectivity index (χ4v) is 3.13. The lowest BCUT2D eigenvalue weighted by Gasteiger charge is -2.23. The van der Waals surface area contributed by atoms with Crippen molar-refractivity contribution in [2.75, 3.05) is 32.6 Å². The first-order chi connectivity index (χ1) is 14.8. The summed E-state index contributed by atoms with van der Waals surface area (Å²) in [4.78, 5) is 38.6. The Morgan fingerprint density at radius 3 is 2.42 bits per heavy atom. The molecule has 0 radical (unpaired) electrons. The van der Waals surface area contributed by atoms with Crippen molar-refractivity contribution in [2.24, 2.45) is 5.92 Å². The molecule has 0 aliphatic rings. The third-order valence-corrected chi connectivity index (χ3v) is 5.12. The van der Waals surface area contributed by atoms with Crippen molar-refractivity contribution < 1.29 is 23.9 Å². The zero-order chi connectivity index (χ0) is 22.8. The van der Waals surface area contributed by atoms with Crippen LogP contribution in [0, 0.1) is 5.92 Å². The number of likely N-dealkylation sites (N-methyl/N-ethyl adjacent to an activating group) is 1. The average molecular weight is 427 g/mol. The summed E-state index contributed by atoms with van der Waals surface area (Å²) in [6.07, 6.45) is 0.799. The Hall–Kier alpha value is -3.35. The fourth-order valence-electron chi connectivity index (χ4n) is 3.13. The van der Waals surface area contributed by atoms with Crippen molar-refractivity contribution in [3.63, 3.8) is 0 Å². The van der Waals surface area contributed by atoms with E-state index in [2.05, 4.69) is 5.32 Å². The Bertz CT molecular complexity index is 885. The van der Waals surface area contributed by atoms with Gasteiger partial charge in [0.15, 0.2) is 6.61 Å². The summed E-state index contributed by atoms with van der Waals surface area (Å²) in [6.45, 7) is 3.41. The van der Waals surface area contributed by atoms with E-state index in [9.17, 15) is 14.4 Å². The topological polar surface area (TPSA) is 84.9 Å². The Morgan fingerprint density at radius 2 is 1.77 bits per heavy atom. The van der Waals surface area contributed by atoms with Gasteiger partial charge in [-0.3, -0.25) is 14.4 Å². The van der Waals surface area contributed by atoms with Crippen LogP contribution in [0.2, 0.25) is 0 Å². The van der Waals surface area contributed by atoms with Crippen LogP contribution in [0.3, 0.4) is 0 Å². The van der Waals surface area contributed by atoms with E-state index in [-0.39, 0.29) is 18.4 Å². The molecule has 0 aliphatic carbocycles. The number of hydrogen-bond acceptors (Lipinski definition) is 5. The zero-order valence-corrected chi connectivity index (χ0v) is 18.5. The van der Waals surface area contributed by atoms with Gasteiger partial charge in [0.25, 0.3) is 5.91 Å². The maximum Gasteiger partial charge on any atom is 0.314 e. The first-order valence-corrected chi connectivity index (χ1v) is 10.2. The van der Waals surface area contributed by atoms with Crippen LogP contribution in [0.15, 0.2) is 54.6 Å². The van der Waals surface area contributed by atoms with E-state index in [0.29, 0.717) is 11.4 Å². The van der Waals surface area contributed by atoms with Crippen molar-refractivity contribution >= 4 is 23.5 Å². The van der Waals surface area contributed by atoms with Gasteiger partial charge in [0, 0.05) is 18.8 Å². The highest BCUT2D eigenvalue weighted by Crippen LogP contribution is 2.28. The molecule has 31 heavy (non-hydrogen) atoms. The predicted molar refractivity (Wildman–Crippen MR) is 119 cm³/mol. The number of nitrogens with zero attached hydrogens (tertiary/aromatic N) is 1. The number of rotatable bonds is 10. The molecule has 2 aromatic rings. The summed E-state index contributed by atoms with van der Waals surface area (Å²) in [6, 6.07) is 16.3. The lowest BCUT2D eigenvalue weighted by molar-refractivity contribution is -0.154.